The first-order valence-corrected chi connectivity index (χ1v) is 7.75. The molecule has 3 nitrogen and oxygen atoms in total. The van der Waals surface area contributed by atoms with Crippen molar-refractivity contribution in [1.82, 2.24) is 10.2 Å². The van der Waals surface area contributed by atoms with Crippen LogP contribution in [0.2, 0.25) is 0 Å². The highest BCUT2D eigenvalue weighted by Crippen LogP contribution is 2.18. The maximum atomic E-state index is 12.1. The summed E-state index contributed by atoms with van der Waals surface area (Å²) in [5.74, 6) is 0.144. The number of carbonyl (C=O) groups excluding carboxylic acids is 1. The molecule has 1 N–H and O–H groups in total. The molecule has 1 fully saturated rings. The van der Waals surface area contributed by atoms with Gasteiger partial charge in [0.2, 0.25) is 5.91 Å². The average molecular weight is 274 g/mol. The van der Waals surface area contributed by atoms with Crippen LogP contribution in [0.1, 0.15) is 43.7 Å². The molecule has 110 valence electrons. The lowest BCUT2D eigenvalue weighted by molar-refractivity contribution is -0.123. The van der Waals surface area contributed by atoms with Gasteiger partial charge in [0.15, 0.2) is 0 Å². The molecule has 1 aliphatic heterocycles. The maximum Gasteiger partial charge on any atom is 0.234 e. The number of carbonyl (C=O) groups is 1. The number of likely N-dealkylation sites (tertiary alicyclic amines) is 1. The molecule has 0 radical (unpaired) electrons. The zero-order valence-corrected chi connectivity index (χ0v) is 12.7. The Balaban J connectivity index is 1.78. The Morgan fingerprint density at radius 1 is 1.30 bits per heavy atom. The van der Waals surface area contributed by atoms with Gasteiger partial charge in [-0.3, -0.25) is 9.69 Å². The van der Waals surface area contributed by atoms with Crippen molar-refractivity contribution in [2.24, 2.45) is 0 Å². The number of aryl methyl sites for hydroxylation is 1. The van der Waals surface area contributed by atoms with E-state index in [1.54, 1.807) is 0 Å². The van der Waals surface area contributed by atoms with E-state index >= 15 is 0 Å². The van der Waals surface area contributed by atoms with Gasteiger partial charge < -0.3 is 5.32 Å². The molecule has 20 heavy (non-hydrogen) atoms. The van der Waals surface area contributed by atoms with Crippen molar-refractivity contribution >= 4 is 5.91 Å². The standard InChI is InChI=1S/C17H26N2O/c1-3-16-6-4-5-11-19(16)13-17(20)18-12-15-9-7-14(2)8-10-15/h7-10,16H,3-6,11-13H2,1-2H3,(H,18,20)/t16-/m1/s1. The number of benzene rings is 1. The summed E-state index contributed by atoms with van der Waals surface area (Å²) in [6.07, 6.45) is 4.91. The molecular weight excluding hydrogens is 248 g/mol. The van der Waals surface area contributed by atoms with E-state index in [2.05, 4.69) is 48.3 Å². The first-order chi connectivity index (χ1) is 9.69. The molecule has 1 atom stereocenters. The van der Waals surface area contributed by atoms with Gasteiger partial charge in [0.25, 0.3) is 0 Å². The molecule has 1 aromatic rings. The van der Waals surface area contributed by atoms with Crippen molar-refractivity contribution in [3.05, 3.63) is 35.4 Å². The average Bonchev–Trinajstić information content (AvgIpc) is 2.47. The second kappa shape index (κ2) is 7.44. The Bertz CT molecular complexity index is 427. The van der Waals surface area contributed by atoms with Crippen molar-refractivity contribution in [2.75, 3.05) is 13.1 Å². The van der Waals surface area contributed by atoms with E-state index in [1.807, 2.05) is 0 Å². The van der Waals surface area contributed by atoms with E-state index in [9.17, 15) is 4.79 Å². The van der Waals surface area contributed by atoms with Crippen LogP contribution >= 0.6 is 0 Å². The van der Waals surface area contributed by atoms with Crippen molar-refractivity contribution in [3.63, 3.8) is 0 Å². The van der Waals surface area contributed by atoms with Gasteiger partial charge in [-0.1, -0.05) is 43.2 Å². The summed E-state index contributed by atoms with van der Waals surface area (Å²) in [5.41, 5.74) is 2.41. The zero-order chi connectivity index (χ0) is 14.4. The van der Waals surface area contributed by atoms with Gasteiger partial charge >= 0.3 is 0 Å². The number of nitrogens with one attached hydrogen (secondary N) is 1. The Morgan fingerprint density at radius 3 is 2.75 bits per heavy atom. The number of piperidine rings is 1. The van der Waals surface area contributed by atoms with Crippen LogP contribution in [0.15, 0.2) is 24.3 Å². The first kappa shape index (κ1) is 15.0. The van der Waals surface area contributed by atoms with Crippen LogP contribution < -0.4 is 5.32 Å². The van der Waals surface area contributed by atoms with Gasteiger partial charge in [-0.2, -0.15) is 0 Å². The van der Waals surface area contributed by atoms with Gasteiger partial charge in [0.05, 0.1) is 6.54 Å². The fourth-order valence-electron chi connectivity index (χ4n) is 2.88. The number of nitrogens with zero attached hydrogens (tertiary/aromatic N) is 1. The Kier molecular flexibility index (Phi) is 5.60. The number of rotatable bonds is 5. The topological polar surface area (TPSA) is 32.3 Å². The third-order valence-corrected chi connectivity index (χ3v) is 4.18. The van der Waals surface area contributed by atoms with E-state index in [0.717, 1.165) is 18.5 Å². The molecule has 1 saturated heterocycles. The van der Waals surface area contributed by atoms with Crippen molar-refractivity contribution in [3.8, 4) is 0 Å². The zero-order valence-electron chi connectivity index (χ0n) is 12.7. The lowest BCUT2D eigenvalue weighted by atomic mass is 10.00. The second-order valence-corrected chi connectivity index (χ2v) is 5.79. The van der Waals surface area contributed by atoms with E-state index in [1.165, 1.54) is 24.8 Å². The molecule has 2 rings (SSSR count). The van der Waals surface area contributed by atoms with Crippen LogP contribution in [0, 0.1) is 6.92 Å². The summed E-state index contributed by atoms with van der Waals surface area (Å²) < 4.78 is 0. The quantitative estimate of drug-likeness (QED) is 0.895. The van der Waals surface area contributed by atoms with Crippen LogP contribution in [-0.4, -0.2) is 29.9 Å². The van der Waals surface area contributed by atoms with Crippen molar-refractivity contribution in [1.29, 1.82) is 0 Å². The number of amides is 1. The van der Waals surface area contributed by atoms with Gasteiger partial charge in [-0.25, -0.2) is 0 Å². The van der Waals surface area contributed by atoms with Crippen LogP contribution in [0.5, 0.6) is 0 Å². The van der Waals surface area contributed by atoms with Gasteiger partial charge in [0, 0.05) is 12.6 Å². The summed E-state index contributed by atoms with van der Waals surface area (Å²) in [5, 5.41) is 3.03. The molecule has 0 aromatic heterocycles. The first-order valence-electron chi connectivity index (χ1n) is 7.75. The normalized spacial score (nSPS) is 19.8. The summed E-state index contributed by atoms with van der Waals surface area (Å²) in [4.78, 5) is 14.4. The highest BCUT2D eigenvalue weighted by molar-refractivity contribution is 5.78. The summed E-state index contributed by atoms with van der Waals surface area (Å²) in [6.45, 7) is 6.53. The van der Waals surface area contributed by atoms with Gasteiger partial charge in [0.1, 0.15) is 0 Å². The monoisotopic (exact) mass is 274 g/mol. The third kappa shape index (κ3) is 4.34. The molecule has 0 aliphatic carbocycles. The predicted molar refractivity (Wildman–Crippen MR) is 82.5 cm³/mol. The molecule has 0 unspecified atom stereocenters. The lowest BCUT2D eigenvalue weighted by Gasteiger charge is -2.34. The number of hydrogen-bond donors (Lipinski definition) is 1. The predicted octanol–water partition coefficient (Wildman–Crippen LogP) is 2.88. The maximum absolute atomic E-state index is 12.1. The molecule has 1 aliphatic rings. The third-order valence-electron chi connectivity index (χ3n) is 4.18. The van der Waals surface area contributed by atoms with Crippen molar-refractivity contribution < 1.29 is 4.79 Å². The van der Waals surface area contributed by atoms with Crippen LogP contribution in [-0.2, 0) is 11.3 Å². The van der Waals surface area contributed by atoms with E-state index in [0.29, 0.717) is 19.1 Å². The Labute approximate surface area is 122 Å². The molecule has 1 amide bonds. The molecule has 0 saturated carbocycles. The fourth-order valence-corrected chi connectivity index (χ4v) is 2.88. The summed E-state index contributed by atoms with van der Waals surface area (Å²) in [6, 6.07) is 8.91. The minimum atomic E-state index is 0.144. The van der Waals surface area contributed by atoms with Gasteiger partial charge in [-0.05, 0) is 38.3 Å². The minimum Gasteiger partial charge on any atom is -0.351 e. The van der Waals surface area contributed by atoms with E-state index < -0.39 is 0 Å². The second-order valence-electron chi connectivity index (χ2n) is 5.79. The Hall–Kier alpha value is -1.35. The minimum absolute atomic E-state index is 0.144. The van der Waals surface area contributed by atoms with Crippen LogP contribution in [0.4, 0.5) is 0 Å². The van der Waals surface area contributed by atoms with Crippen LogP contribution in [0.25, 0.3) is 0 Å². The van der Waals surface area contributed by atoms with Crippen molar-refractivity contribution in [2.45, 2.75) is 52.1 Å². The molecule has 1 aromatic carbocycles. The van der Waals surface area contributed by atoms with E-state index in [-0.39, 0.29) is 5.91 Å². The molecule has 1 heterocycles. The molecular formula is C17H26N2O. The van der Waals surface area contributed by atoms with Gasteiger partial charge in [-0.15, -0.1) is 0 Å². The largest absolute Gasteiger partial charge is 0.351 e. The SMILES string of the molecule is CC[C@@H]1CCCCN1CC(=O)NCc1ccc(C)cc1. The lowest BCUT2D eigenvalue weighted by Crippen LogP contribution is -2.45. The number of hydrogen-bond acceptors (Lipinski definition) is 2. The highest BCUT2D eigenvalue weighted by atomic mass is 16.2. The van der Waals surface area contributed by atoms with Crippen LogP contribution in [0.3, 0.4) is 0 Å². The summed E-state index contributed by atoms with van der Waals surface area (Å²) >= 11 is 0. The van der Waals surface area contributed by atoms with E-state index in [4.69, 9.17) is 0 Å². The molecule has 0 bridgehead atoms. The fraction of sp³-hybridized carbons (Fsp3) is 0.588. The highest BCUT2D eigenvalue weighted by Gasteiger charge is 2.22. The molecule has 0 spiro atoms. The summed E-state index contributed by atoms with van der Waals surface area (Å²) in [7, 11) is 0. The molecule has 3 heteroatoms. The smallest absolute Gasteiger partial charge is 0.234 e. The Morgan fingerprint density at radius 2 is 2.05 bits per heavy atom.